The van der Waals surface area contributed by atoms with Gasteiger partial charge in [-0.2, -0.15) is 0 Å². The molecule has 0 bridgehead atoms. The fourth-order valence-corrected chi connectivity index (χ4v) is 3.64. The Balaban J connectivity index is 1.60. The van der Waals surface area contributed by atoms with Crippen molar-refractivity contribution >= 4 is 5.82 Å². The molecule has 0 atom stereocenters. The molecule has 1 saturated heterocycles. The molecule has 2 aromatic rings. The number of pyridine rings is 1. The predicted octanol–water partition coefficient (Wildman–Crippen LogP) is 2.41. The molecular formula is C18H21F2N5. The SMILES string of the molecule is FC(F)CN1CCN(c2nc(-c3ccncc3)nc3c2CCC3)CC1. The lowest BCUT2D eigenvalue weighted by Gasteiger charge is -2.36. The lowest BCUT2D eigenvalue weighted by molar-refractivity contribution is 0.0853. The minimum Gasteiger partial charge on any atom is -0.354 e. The number of aryl methyl sites for hydroxylation is 1. The van der Waals surface area contributed by atoms with Gasteiger partial charge in [0.15, 0.2) is 5.82 Å². The van der Waals surface area contributed by atoms with E-state index in [1.54, 1.807) is 12.4 Å². The van der Waals surface area contributed by atoms with Gasteiger partial charge in [-0.15, -0.1) is 0 Å². The summed E-state index contributed by atoms with van der Waals surface area (Å²) >= 11 is 0. The van der Waals surface area contributed by atoms with Crippen LogP contribution in [0.5, 0.6) is 0 Å². The van der Waals surface area contributed by atoms with Crippen LogP contribution in [0.2, 0.25) is 0 Å². The number of piperazine rings is 1. The van der Waals surface area contributed by atoms with Crippen molar-refractivity contribution in [3.63, 3.8) is 0 Å². The van der Waals surface area contributed by atoms with E-state index in [9.17, 15) is 8.78 Å². The topological polar surface area (TPSA) is 45.2 Å². The molecular weight excluding hydrogens is 324 g/mol. The van der Waals surface area contributed by atoms with Gasteiger partial charge in [0.2, 0.25) is 0 Å². The first-order chi connectivity index (χ1) is 12.2. The third-order valence-corrected chi connectivity index (χ3v) is 4.92. The van der Waals surface area contributed by atoms with Crippen LogP contribution >= 0.6 is 0 Å². The molecule has 0 aromatic carbocycles. The molecule has 0 saturated carbocycles. The van der Waals surface area contributed by atoms with Gasteiger partial charge in [0.25, 0.3) is 6.43 Å². The van der Waals surface area contributed by atoms with Crippen molar-refractivity contribution in [1.82, 2.24) is 19.9 Å². The molecule has 25 heavy (non-hydrogen) atoms. The van der Waals surface area contributed by atoms with E-state index < -0.39 is 6.43 Å². The molecule has 0 amide bonds. The Hall–Kier alpha value is -2.15. The Bertz CT molecular complexity index is 730. The molecule has 7 heteroatoms. The minimum absolute atomic E-state index is 0.141. The second-order valence-electron chi connectivity index (χ2n) is 6.56. The second kappa shape index (κ2) is 7.00. The molecule has 0 spiro atoms. The largest absolute Gasteiger partial charge is 0.354 e. The van der Waals surface area contributed by atoms with E-state index in [4.69, 9.17) is 9.97 Å². The summed E-state index contributed by atoms with van der Waals surface area (Å²) in [5.74, 6) is 1.72. The summed E-state index contributed by atoms with van der Waals surface area (Å²) in [6, 6.07) is 3.84. The van der Waals surface area contributed by atoms with Crippen LogP contribution < -0.4 is 4.90 Å². The third kappa shape index (κ3) is 3.46. The quantitative estimate of drug-likeness (QED) is 0.852. The first-order valence-corrected chi connectivity index (χ1v) is 8.76. The summed E-state index contributed by atoms with van der Waals surface area (Å²) in [4.78, 5) is 17.7. The molecule has 2 aromatic heterocycles. The Morgan fingerprint density at radius 2 is 1.76 bits per heavy atom. The number of halogens is 2. The summed E-state index contributed by atoms with van der Waals surface area (Å²) < 4.78 is 25.2. The van der Waals surface area contributed by atoms with Gasteiger partial charge >= 0.3 is 0 Å². The van der Waals surface area contributed by atoms with E-state index >= 15 is 0 Å². The highest BCUT2D eigenvalue weighted by atomic mass is 19.3. The monoisotopic (exact) mass is 345 g/mol. The van der Waals surface area contributed by atoms with Crippen molar-refractivity contribution in [2.75, 3.05) is 37.6 Å². The van der Waals surface area contributed by atoms with E-state index in [-0.39, 0.29) is 6.54 Å². The molecule has 2 aliphatic rings. The number of fused-ring (bicyclic) bond motifs is 1. The summed E-state index contributed by atoms with van der Waals surface area (Å²) in [5.41, 5.74) is 3.33. The van der Waals surface area contributed by atoms with Crippen molar-refractivity contribution < 1.29 is 8.78 Å². The van der Waals surface area contributed by atoms with Crippen molar-refractivity contribution in [2.24, 2.45) is 0 Å². The molecule has 1 aliphatic heterocycles. The molecule has 5 nitrogen and oxygen atoms in total. The van der Waals surface area contributed by atoms with Crippen molar-refractivity contribution in [2.45, 2.75) is 25.7 Å². The number of alkyl halides is 2. The lowest BCUT2D eigenvalue weighted by atomic mass is 10.2. The Morgan fingerprint density at radius 3 is 2.48 bits per heavy atom. The van der Waals surface area contributed by atoms with Crippen LogP contribution in [0, 0.1) is 0 Å². The molecule has 1 aliphatic carbocycles. The fraction of sp³-hybridized carbons (Fsp3) is 0.500. The molecule has 0 N–H and O–H groups in total. The maximum atomic E-state index is 12.6. The minimum atomic E-state index is -2.27. The van der Waals surface area contributed by atoms with Crippen LogP contribution in [-0.4, -0.2) is 59.0 Å². The highest BCUT2D eigenvalue weighted by Crippen LogP contribution is 2.31. The van der Waals surface area contributed by atoms with E-state index in [0.29, 0.717) is 13.1 Å². The van der Waals surface area contributed by atoms with E-state index in [1.807, 2.05) is 17.0 Å². The molecule has 1 fully saturated rings. The molecule has 0 unspecified atom stereocenters. The normalized spacial score (nSPS) is 18.0. The molecule has 0 radical (unpaired) electrons. The highest BCUT2D eigenvalue weighted by Gasteiger charge is 2.26. The van der Waals surface area contributed by atoms with E-state index in [1.165, 1.54) is 5.56 Å². The van der Waals surface area contributed by atoms with Crippen molar-refractivity contribution in [3.05, 3.63) is 35.8 Å². The first-order valence-electron chi connectivity index (χ1n) is 8.76. The zero-order chi connectivity index (χ0) is 17.2. The average molecular weight is 345 g/mol. The van der Waals surface area contributed by atoms with Crippen molar-refractivity contribution in [1.29, 1.82) is 0 Å². The highest BCUT2D eigenvalue weighted by molar-refractivity contribution is 5.61. The average Bonchev–Trinajstić information content (AvgIpc) is 3.10. The van der Waals surface area contributed by atoms with Gasteiger partial charge in [0, 0.05) is 55.4 Å². The van der Waals surface area contributed by atoms with Crippen LogP contribution in [0.15, 0.2) is 24.5 Å². The fourth-order valence-electron chi connectivity index (χ4n) is 3.64. The Morgan fingerprint density at radius 1 is 1.00 bits per heavy atom. The summed E-state index contributed by atoms with van der Waals surface area (Å²) in [6.07, 6.45) is 4.30. The maximum Gasteiger partial charge on any atom is 0.251 e. The number of hydrogen-bond acceptors (Lipinski definition) is 5. The van der Waals surface area contributed by atoms with Crippen LogP contribution in [-0.2, 0) is 12.8 Å². The van der Waals surface area contributed by atoms with Crippen LogP contribution in [0.1, 0.15) is 17.7 Å². The zero-order valence-corrected chi connectivity index (χ0v) is 14.0. The van der Waals surface area contributed by atoms with Gasteiger partial charge in [-0.05, 0) is 31.4 Å². The third-order valence-electron chi connectivity index (χ3n) is 4.92. The number of nitrogens with zero attached hydrogens (tertiary/aromatic N) is 5. The van der Waals surface area contributed by atoms with Crippen LogP contribution in [0.4, 0.5) is 14.6 Å². The standard InChI is InChI=1S/C18H21F2N5/c19-16(20)12-24-8-10-25(11-9-24)18-14-2-1-3-15(14)22-17(23-18)13-4-6-21-7-5-13/h4-7,16H,1-3,8-12H2. The van der Waals surface area contributed by atoms with Crippen molar-refractivity contribution in [3.8, 4) is 11.4 Å². The van der Waals surface area contributed by atoms with Crippen LogP contribution in [0.3, 0.4) is 0 Å². The first kappa shape index (κ1) is 16.3. The smallest absolute Gasteiger partial charge is 0.251 e. The van der Waals surface area contributed by atoms with E-state index in [0.717, 1.165) is 55.3 Å². The summed E-state index contributed by atoms with van der Waals surface area (Å²) in [6.45, 7) is 2.61. The molecule has 132 valence electrons. The van der Waals surface area contributed by atoms with Gasteiger partial charge in [-0.25, -0.2) is 18.7 Å². The van der Waals surface area contributed by atoms with Gasteiger partial charge in [0.1, 0.15) is 5.82 Å². The lowest BCUT2D eigenvalue weighted by Crippen LogP contribution is -2.48. The van der Waals surface area contributed by atoms with Gasteiger partial charge in [-0.3, -0.25) is 9.88 Å². The van der Waals surface area contributed by atoms with Gasteiger partial charge < -0.3 is 4.90 Å². The number of anilines is 1. The van der Waals surface area contributed by atoms with Crippen LogP contribution in [0.25, 0.3) is 11.4 Å². The predicted molar refractivity (Wildman–Crippen MR) is 91.9 cm³/mol. The number of aromatic nitrogens is 3. The number of rotatable bonds is 4. The summed E-state index contributed by atoms with van der Waals surface area (Å²) in [7, 11) is 0. The Labute approximate surface area is 145 Å². The number of hydrogen-bond donors (Lipinski definition) is 0. The summed E-state index contributed by atoms with van der Waals surface area (Å²) in [5, 5.41) is 0. The Kier molecular flexibility index (Phi) is 4.57. The van der Waals surface area contributed by atoms with Gasteiger partial charge in [0.05, 0.1) is 6.54 Å². The molecule has 4 rings (SSSR count). The second-order valence-corrected chi connectivity index (χ2v) is 6.56. The molecule has 3 heterocycles. The maximum absolute atomic E-state index is 12.6. The van der Waals surface area contributed by atoms with E-state index in [2.05, 4.69) is 9.88 Å². The zero-order valence-electron chi connectivity index (χ0n) is 14.0. The van der Waals surface area contributed by atoms with Gasteiger partial charge in [-0.1, -0.05) is 0 Å².